The fourth-order valence-electron chi connectivity index (χ4n) is 5.20. The number of carbonyl (C=O) groups is 1. The summed E-state index contributed by atoms with van der Waals surface area (Å²) in [6.45, 7) is 2.06. The number of hydrogen-bond donors (Lipinski definition) is 0. The van der Waals surface area contributed by atoms with Crippen LogP contribution in [0.5, 0.6) is 0 Å². The zero-order chi connectivity index (χ0) is 24.0. The Morgan fingerprint density at radius 2 is 1.97 bits per heavy atom. The van der Waals surface area contributed by atoms with Gasteiger partial charge in [-0.15, -0.1) is 0 Å². The molecule has 0 bridgehead atoms. The minimum Gasteiger partial charge on any atom is -0.469 e. The molecule has 178 valence electrons. The normalized spacial score (nSPS) is 19.2. The van der Waals surface area contributed by atoms with E-state index < -0.39 is 0 Å². The highest BCUT2D eigenvalue weighted by Crippen LogP contribution is 2.53. The van der Waals surface area contributed by atoms with Gasteiger partial charge in [0.25, 0.3) is 0 Å². The third kappa shape index (κ3) is 4.13. The quantitative estimate of drug-likeness (QED) is 0.333. The summed E-state index contributed by atoms with van der Waals surface area (Å²) in [7, 11) is 1.42. The Balaban J connectivity index is 1.22. The van der Waals surface area contributed by atoms with E-state index in [0.29, 0.717) is 23.7 Å². The number of fused-ring (bicyclic) bond motifs is 1. The molecule has 2 fully saturated rings. The number of thiazole rings is 1. The van der Waals surface area contributed by atoms with Crippen molar-refractivity contribution in [3.8, 4) is 10.6 Å². The zero-order valence-corrected chi connectivity index (χ0v) is 20.4. The van der Waals surface area contributed by atoms with E-state index in [2.05, 4.69) is 40.2 Å². The molecule has 0 spiro atoms. The predicted molar refractivity (Wildman–Crippen MR) is 135 cm³/mol. The van der Waals surface area contributed by atoms with E-state index in [1.54, 1.807) is 6.07 Å². The molecule has 1 saturated heterocycles. The first-order valence-electron chi connectivity index (χ1n) is 12.0. The van der Waals surface area contributed by atoms with Gasteiger partial charge in [0.2, 0.25) is 0 Å². The molecular formula is C28H26FN3O2S. The van der Waals surface area contributed by atoms with E-state index >= 15 is 4.39 Å². The number of ether oxygens (including phenoxy) is 1. The van der Waals surface area contributed by atoms with Crippen LogP contribution in [-0.2, 0) is 21.5 Å². The molecule has 0 N–H and O–H groups in total. The maximum atomic E-state index is 15.2. The van der Waals surface area contributed by atoms with Crippen molar-refractivity contribution in [1.82, 2.24) is 14.9 Å². The number of likely N-dealkylation sites (tertiary alicyclic amines) is 1. The standard InChI is InChI=1S/C28H26FN3O2S/c1-34-27(33)19-11-14-32(17-19)16-18-7-8-21(22(29)15-18)25-30-23-9-10-24(31-26(23)35-25)28(12-13-28)20-5-3-2-4-6-20/h2-10,15,19H,11-14,16-17H2,1H3/t19-/m1/s1. The lowest BCUT2D eigenvalue weighted by Gasteiger charge is -2.16. The van der Waals surface area contributed by atoms with Gasteiger partial charge in [0.05, 0.1) is 18.7 Å². The fraction of sp³-hybridized carbons (Fsp3) is 0.321. The van der Waals surface area contributed by atoms with E-state index in [9.17, 15) is 4.79 Å². The van der Waals surface area contributed by atoms with Crippen molar-refractivity contribution < 1.29 is 13.9 Å². The van der Waals surface area contributed by atoms with E-state index in [1.165, 1.54) is 24.0 Å². The zero-order valence-electron chi connectivity index (χ0n) is 19.5. The van der Waals surface area contributed by atoms with Gasteiger partial charge in [-0.25, -0.2) is 14.4 Å². The fourth-order valence-corrected chi connectivity index (χ4v) is 6.16. The molecule has 0 radical (unpaired) electrons. The number of nitrogens with zero attached hydrogens (tertiary/aromatic N) is 3. The summed E-state index contributed by atoms with van der Waals surface area (Å²) in [5.41, 5.74) is 4.54. The summed E-state index contributed by atoms with van der Waals surface area (Å²) < 4.78 is 20.0. The van der Waals surface area contributed by atoms with Crippen LogP contribution in [0.4, 0.5) is 4.39 Å². The molecule has 35 heavy (non-hydrogen) atoms. The Morgan fingerprint density at radius 3 is 2.71 bits per heavy atom. The van der Waals surface area contributed by atoms with Crippen LogP contribution in [0.2, 0.25) is 0 Å². The molecule has 1 saturated carbocycles. The highest BCUT2D eigenvalue weighted by Gasteiger charge is 2.47. The van der Waals surface area contributed by atoms with Crippen molar-refractivity contribution in [2.75, 3.05) is 20.2 Å². The molecule has 3 heterocycles. The topological polar surface area (TPSA) is 55.3 Å². The second-order valence-electron chi connectivity index (χ2n) is 9.55. The maximum Gasteiger partial charge on any atom is 0.310 e. The molecule has 0 amide bonds. The molecule has 5 nitrogen and oxygen atoms in total. The molecule has 1 atom stereocenters. The third-order valence-corrected chi connectivity index (χ3v) is 8.30. The highest BCUT2D eigenvalue weighted by atomic mass is 32.1. The second-order valence-corrected chi connectivity index (χ2v) is 10.5. The lowest BCUT2D eigenvalue weighted by atomic mass is 9.92. The van der Waals surface area contributed by atoms with Gasteiger partial charge in [0.1, 0.15) is 21.2 Å². The molecule has 1 aliphatic heterocycles. The van der Waals surface area contributed by atoms with Crippen molar-refractivity contribution in [1.29, 1.82) is 0 Å². The monoisotopic (exact) mass is 487 g/mol. The van der Waals surface area contributed by atoms with Crippen LogP contribution in [0.25, 0.3) is 20.9 Å². The van der Waals surface area contributed by atoms with Crippen molar-refractivity contribution in [3.63, 3.8) is 0 Å². The Labute approximate surface area is 207 Å². The van der Waals surface area contributed by atoms with Gasteiger partial charge in [0.15, 0.2) is 0 Å². The number of rotatable bonds is 6. The molecule has 1 aliphatic carbocycles. The summed E-state index contributed by atoms with van der Waals surface area (Å²) >= 11 is 1.44. The van der Waals surface area contributed by atoms with E-state index in [1.807, 2.05) is 24.3 Å². The van der Waals surface area contributed by atoms with Gasteiger partial charge in [-0.05, 0) is 61.2 Å². The SMILES string of the molecule is COC(=O)[C@@H]1CCN(Cc2ccc(-c3nc4ccc(C5(c6ccccc6)CC5)nc4s3)c(F)c2)C1. The number of aromatic nitrogens is 2. The van der Waals surface area contributed by atoms with Crippen molar-refractivity contribution in [2.24, 2.45) is 5.92 Å². The van der Waals surface area contributed by atoms with Gasteiger partial charge < -0.3 is 4.74 Å². The smallest absolute Gasteiger partial charge is 0.310 e. The molecule has 2 aromatic heterocycles. The minimum absolute atomic E-state index is 0.00501. The van der Waals surface area contributed by atoms with Crippen molar-refractivity contribution >= 4 is 27.7 Å². The molecule has 7 heteroatoms. The Bertz CT molecular complexity index is 1400. The minimum atomic E-state index is -0.284. The maximum absolute atomic E-state index is 15.2. The van der Waals surface area contributed by atoms with E-state index in [4.69, 9.17) is 9.72 Å². The number of esters is 1. The number of halogens is 1. The van der Waals surface area contributed by atoms with Gasteiger partial charge in [0, 0.05) is 24.1 Å². The van der Waals surface area contributed by atoms with Crippen LogP contribution in [0.15, 0.2) is 60.7 Å². The molecular weight excluding hydrogens is 461 g/mol. The van der Waals surface area contributed by atoms with Gasteiger partial charge in [-0.2, -0.15) is 0 Å². The third-order valence-electron chi connectivity index (χ3n) is 7.30. The van der Waals surface area contributed by atoms with Crippen molar-refractivity contribution in [2.45, 2.75) is 31.2 Å². The number of hydrogen-bond acceptors (Lipinski definition) is 6. The summed E-state index contributed by atoms with van der Waals surface area (Å²) in [6, 6.07) is 20.0. The lowest BCUT2D eigenvalue weighted by Crippen LogP contribution is -2.23. The van der Waals surface area contributed by atoms with E-state index in [-0.39, 0.29) is 23.1 Å². The molecule has 2 aromatic carbocycles. The van der Waals surface area contributed by atoms with Crippen LogP contribution in [0.1, 0.15) is 36.1 Å². The second kappa shape index (κ2) is 8.81. The molecule has 0 unspecified atom stereocenters. The Morgan fingerprint density at radius 1 is 1.14 bits per heavy atom. The summed E-state index contributed by atoms with van der Waals surface area (Å²) in [6.07, 6.45) is 2.96. The Hall–Kier alpha value is -3.16. The van der Waals surface area contributed by atoms with Crippen molar-refractivity contribution in [3.05, 3.63) is 83.3 Å². The van der Waals surface area contributed by atoms with Gasteiger partial charge in [-0.3, -0.25) is 9.69 Å². The summed E-state index contributed by atoms with van der Waals surface area (Å²) in [5.74, 6) is -0.549. The van der Waals surface area contributed by atoms with Crippen LogP contribution < -0.4 is 0 Å². The molecule has 6 rings (SSSR count). The largest absolute Gasteiger partial charge is 0.469 e. The summed E-state index contributed by atoms with van der Waals surface area (Å²) in [4.78, 5) is 24.4. The van der Waals surface area contributed by atoms with E-state index in [0.717, 1.165) is 47.4 Å². The van der Waals surface area contributed by atoms with Gasteiger partial charge >= 0.3 is 5.97 Å². The Kier molecular flexibility index (Phi) is 5.61. The molecule has 2 aliphatic rings. The molecule has 4 aromatic rings. The number of pyridine rings is 1. The highest BCUT2D eigenvalue weighted by molar-refractivity contribution is 7.21. The number of methoxy groups -OCH3 is 1. The predicted octanol–water partition coefficient (Wildman–Crippen LogP) is 5.57. The first kappa shape index (κ1) is 22.3. The van der Waals surface area contributed by atoms with Crippen LogP contribution in [0, 0.1) is 11.7 Å². The van der Waals surface area contributed by atoms with Crippen LogP contribution in [-0.4, -0.2) is 41.0 Å². The number of benzene rings is 2. The number of carbonyl (C=O) groups excluding carboxylic acids is 1. The lowest BCUT2D eigenvalue weighted by molar-refractivity contribution is -0.144. The van der Waals surface area contributed by atoms with Crippen LogP contribution >= 0.6 is 11.3 Å². The van der Waals surface area contributed by atoms with Crippen LogP contribution in [0.3, 0.4) is 0 Å². The average molecular weight is 488 g/mol. The summed E-state index contributed by atoms with van der Waals surface area (Å²) in [5, 5.41) is 0.644. The first-order valence-corrected chi connectivity index (χ1v) is 12.8. The first-order chi connectivity index (χ1) is 17.1. The average Bonchev–Trinajstić information content (AvgIpc) is 3.38. The van der Waals surface area contributed by atoms with Gasteiger partial charge in [-0.1, -0.05) is 47.7 Å².